The highest BCUT2D eigenvalue weighted by molar-refractivity contribution is 8.00. The standard InChI is InChI=1S/C23H18FN5OS/c24-17-11-13-18(14-12-17)25-22(30)20-19(15-7-3-1-4-8-15)28-29-21(26-27-23(29)31-20)16-9-5-2-6-10-16/h1-14,19-20,28H,(H,25,30)/t19-,20-/m1/s1. The fourth-order valence-electron chi connectivity index (χ4n) is 3.49. The third-order valence-electron chi connectivity index (χ3n) is 5.00. The molecule has 8 heteroatoms. The molecule has 154 valence electrons. The number of anilines is 1. The first-order chi connectivity index (χ1) is 15.2. The largest absolute Gasteiger partial charge is 0.325 e. The van der Waals surface area contributed by atoms with Crippen molar-refractivity contribution in [2.75, 3.05) is 10.7 Å². The monoisotopic (exact) mass is 431 g/mol. The van der Waals surface area contributed by atoms with Crippen LogP contribution < -0.4 is 10.7 Å². The first kappa shape index (κ1) is 19.3. The third-order valence-corrected chi connectivity index (χ3v) is 6.21. The summed E-state index contributed by atoms with van der Waals surface area (Å²) < 4.78 is 15.1. The molecular formula is C23H18FN5OS. The maximum absolute atomic E-state index is 13.2. The summed E-state index contributed by atoms with van der Waals surface area (Å²) >= 11 is 1.35. The van der Waals surface area contributed by atoms with Gasteiger partial charge in [-0.3, -0.25) is 4.79 Å². The summed E-state index contributed by atoms with van der Waals surface area (Å²) in [4.78, 5) is 13.2. The lowest BCUT2D eigenvalue weighted by Crippen LogP contribution is -2.41. The number of hydrogen-bond acceptors (Lipinski definition) is 5. The Labute approximate surface area is 182 Å². The summed E-state index contributed by atoms with van der Waals surface area (Å²) in [5.74, 6) is 0.130. The van der Waals surface area contributed by atoms with Crippen molar-refractivity contribution < 1.29 is 9.18 Å². The van der Waals surface area contributed by atoms with Crippen LogP contribution in [0, 0.1) is 5.82 Å². The molecule has 0 fully saturated rings. The van der Waals surface area contributed by atoms with Crippen molar-refractivity contribution in [3.63, 3.8) is 0 Å². The van der Waals surface area contributed by atoms with Gasteiger partial charge in [-0.05, 0) is 29.8 Å². The first-order valence-electron chi connectivity index (χ1n) is 9.74. The van der Waals surface area contributed by atoms with Crippen LogP contribution in [-0.4, -0.2) is 26.0 Å². The highest BCUT2D eigenvalue weighted by atomic mass is 32.2. The number of nitrogens with one attached hydrogen (secondary N) is 2. The van der Waals surface area contributed by atoms with E-state index in [0.29, 0.717) is 16.7 Å². The lowest BCUT2D eigenvalue weighted by Gasteiger charge is -2.33. The van der Waals surface area contributed by atoms with Gasteiger partial charge in [0.05, 0.1) is 6.04 Å². The zero-order valence-corrected chi connectivity index (χ0v) is 17.1. The molecule has 31 heavy (non-hydrogen) atoms. The molecule has 1 aromatic heterocycles. The van der Waals surface area contributed by atoms with Gasteiger partial charge in [0.1, 0.15) is 11.1 Å². The van der Waals surface area contributed by atoms with E-state index in [2.05, 4.69) is 20.9 Å². The van der Waals surface area contributed by atoms with Crippen molar-refractivity contribution in [2.45, 2.75) is 16.4 Å². The Morgan fingerprint density at radius 2 is 1.61 bits per heavy atom. The molecule has 2 heterocycles. The molecule has 0 saturated heterocycles. The molecule has 0 saturated carbocycles. The zero-order valence-electron chi connectivity index (χ0n) is 16.3. The van der Waals surface area contributed by atoms with E-state index in [1.807, 2.05) is 65.3 Å². The second-order valence-corrected chi connectivity index (χ2v) is 8.17. The Balaban J connectivity index is 1.50. The maximum Gasteiger partial charge on any atom is 0.240 e. The number of halogens is 1. The zero-order chi connectivity index (χ0) is 21.2. The number of aromatic nitrogens is 3. The van der Waals surface area contributed by atoms with E-state index in [4.69, 9.17) is 0 Å². The van der Waals surface area contributed by atoms with Crippen LogP contribution in [0.1, 0.15) is 11.6 Å². The lowest BCUT2D eigenvalue weighted by atomic mass is 10.0. The molecule has 0 unspecified atom stereocenters. The van der Waals surface area contributed by atoms with Crippen molar-refractivity contribution in [1.29, 1.82) is 0 Å². The van der Waals surface area contributed by atoms with E-state index >= 15 is 0 Å². The number of carbonyl (C=O) groups excluding carboxylic acids is 1. The van der Waals surface area contributed by atoms with Crippen LogP contribution in [0.15, 0.2) is 90.1 Å². The summed E-state index contributed by atoms with van der Waals surface area (Å²) in [6.45, 7) is 0. The van der Waals surface area contributed by atoms with Gasteiger partial charge in [-0.2, -0.15) is 0 Å². The van der Waals surface area contributed by atoms with Gasteiger partial charge in [-0.15, -0.1) is 10.2 Å². The minimum absolute atomic E-state index is 0.200. The molecule has 1 amide bonds. The molecule has 2 atom stereocenters. The van der Waals surface area contributed by atoms with Gasteiger partial charge in [-0.25, -0.2) is 9.07 Å². The summed E-state index contributed by atoms with van der Waals surface area (Å²) in [6, 6.07) is 25.0. The van der Waals surface area contributed by atoms with Crippen molar-refractivity contribution in [3.05, 3.63) is 96.3 Å². The predicted octanol–water partition coefficient (Wildman–Crippen LogP) is 4.48. The maximum atomic E-state index is 13.2. The van der Waals surface area contributed by atoms with Gasteiger partial charge in [0.15, 0.2) is 5.82 Å². The molecule has 3 aromatic carbocycles. The van der Waals surface area contributed by atoms with Gasteiger partial charge < -0.3 is 10.7 Å². The van der Waals surface area contributed by atoms with Crippen molar-refractivity contribution in [1.82, 2.24) is 14.9 Å². The minimum Gasteiger partial charge on any atom is -0.325 e. The molecule has 1 aliphatic heterocycles. The number of amides is 1. The molecule has 2 N–H and O–H groups in total. The second-order valence-electron chi connectivity index (χ2n) is 7.06. The molecule has 4 aromatic rings. The number of carbonyl (C=O) groups is 1. The molecule has 1 aliphatic rings. The third kappa shape index (κ3) is 3.89. The van der Waals surface area contributed by atoms with Crippen molar-refractivity contribution in [2.24, 2.45) is 0 Å². The SMILES string of the molecule is O=C(Nc1ccc(F)cc1)[C@@H]1Sc2nnc(-c3ccccc3)n2N[C@@H]1c1ccccc1. The molecule has 0 radical (unpaired) electrons. The number of benzene rings is 3. The topological polar surface area (TPSA) is 71.8 Å². The van der Waals surface area contributed by atoms with Crippen LogP contribution in [0.25, 0.3) is 11.4 Å². The molecule has 6 nitrogen and oxygen atoms in total. The highest BCUT2D eigenvalue weighted by Crippen LogP contribution is 2.38. The van der Waals surface area contributed by atoms with Gasteiger partial charge in [-0.1, -0.05) is 72.4 Å². The van der Waals surface area contributed by atoms with Crippen LogP contribution in [0.5, 0.6) is 0 Å². The van der Waals surface area contributed by atoms with Crippen LogP contribution >= 0.6 is 11.8 Å². The summed E-state index contributed by atoms with van der Waals surface area (Å²) in [5.41, 5.74) is 5.87. The number of hydrogen-bond donors (Lipinski definition) is 2. The van der Waals surface area contributed by atoms with Crippen molar-refractivity contribution in [3.8, 4) is 11.4 Å². The van der Waals surface area contributed by atoms with E-state index in [1.165, 1.54) is 23.9 Å². The summed E-state index contributed by atoms with van der Waals surface area (Å²) in [6.07, 6.45) is 0. The van der Waals surface area contributed by atoms with Gasteiger partial charge in [0.25, 0.3) is 0 Å². The lowest BCUT2D eigenvalue weighted by molar-refractivity contribution is -0.116. The van der Waals surface area contributed by atoms with E-state index in [-0.39, 0.29) is 17.8 Å². The van der Waals surface area contributed by atoms with Gasteiger partial charge in [0.2, 0.25) is 11.1 Å². The van der Waals surface area contributed by atoms with Crippen LogP contribution in [0.4, 0.5) is 10.1 Å². The fraction of sp³-hybridized carbons (Fsp3) is 0.0870. The van der Waals surface area contributed by atoms with Gasteiger partial charge in [0, 0.05) is 11.3 Å². The molecule has 0 bridgehead atoms. The van der Waals surface area contributed by atoms with Crippen molar-refractivity contribution >= 4 is 23.4 Å². The van der Waals surface area contributed by atoms with E-state index in [1.54, 1.807) is 12.1 Å². The normalized spacial score (nSPS) is 17.5. The molecule has 0 spiro atoms. The molecule has 0 aliphatic carbocycles. The first-order valence-corrected chi connectivity index (χ1v) is 10.6. The van der Waals surface area contributed by atoms with E-state index in [0.717, 1.165) is 11.1 Å². The average molecular weight is 431 g/mol. The smallest absolute Gasteiger partial charge is 0.240 e. The quantitative estimate of drug-likeness (QED) is 0.498. The van der Waals surface area contributed by atoms with Crippen LogP contribution in [-0.2, 0) is 4.79 Å². The van der Waals surface area contributed by atoms with Gasteiger partial charge >= 0.3 is 0 Å². The predicted molar refractivity (Wildman–Crippen MR) is 119 cm³/mol. The Morgan fingerprint density at radius 3 is 2.32 bits per heavy atom. The second kappa shape index (κ2) is 8.23. The highest BCUT2D eigenvalue weighted by Gasteiger charge is 2.38. The Kier molecular flexibility index (Phi) is 5.13. The number of rotatable bonds is 4. The Bertz CT molecular complexity index is 1200. The summed E-state index contributed by atoms with van der Waals surface area (Å²) in [5, 5.41) is 11.6. The molecule has 5 rings (SSSR count). The van der Waals surface area contributed by atoms with E-state index < -0.39 is 5.25 Å². The number of thioether (sulfide) groups is 1. The molecular weight excluding hydrogens is 413 g/mol. The fourth-order valence-corrected chi connectivity index (χ4v) is 4.57. The minimum atomic E-state index is -0.507. The number of nitrogens with zero attached hydrogens (tertiary/aromatic N) is 3. The average Bonchev–Trinajstić information content (AvgIpc) is 3.24. The summed E-state index contributed by atoms with van der Waals surface area (Å²) in [7, 11) is 0. The van der Waals surface area contributed by atoms with E-state index in [9.17, 15) is 9.18 Å². The van der Waals surface area contributed by atoms with Crippen LogP contribution in [0.3, 0.4) is 0 Å². The Morgan fingerprint density at radius 1 is 0.935 bits per heavy atom. The van der Waals surface area contributed by atoms with Crippen LogP contribution in [0.2, 0.25) is 0 Å². The Hall–Kier alpha value is -3.65. The number of fused-ring (bicyclic) bond motifs is 1.